The molecule has 5 aromatic rings. The Bertz CT molecular complexity index is 1660. The van der Waals surface area contributed by atoms with Crippen molar-refractivity contribution < 1.29 is 31.8 Å². The number of nitrogens with zero attached hydrogens (tertiary/aromatic N) is 7. The van der Waals surface area contributed by atoms with E-state index >= 15 is 0 Å². The number of benzene rings is 1. The molecular weight excluding hydrogens is 548 g/mol. The van der Waals surface area contributed by atoms with Crippen LogP contribution in [0.4, 0.5) is 29.2 Å². The Hall–Kier alpha value is -4.37. The Morgan fingerprint density at radius 3 is 2.61 bits per heavy atom. The summed E-state index contributed by atoms with van der Waals surface area (Å²) in [6.45, 7) is 2.70. The van der Waals surface area contributed by atoms with Crippen LogP contribution in [0.25, 0.3) is 28.0 Å². The van der Waals surface area contributed by atoms with E-state index in [1.54, 1.807) is 27.7 Å². The summed E-state index contributed by atoms with van der Waals surface area (Å²) in [5, 5.41) is 18.9. The lowest BCUT2D eigenvalue weighted by Crippen LogP contribution is -2.47. The third-order valence-corrected chi connectivity index (χ3v) is 7.05. The number of aromatic nitrogens is 5. The van der Waals surface area contributed by atoms with E-state index in [0.717, 1.165) is 17.0 Å². The number of hydrogen-bond acceptors (Lipinski definition) is 9. The van der Waals surface area contributed by atoms with Crippen LogP contribution in [0.2, 0.25) is 0 Å². The quantitative estimate of drug-likeness (QED) is 0.269. The van der Waals surface area contributed by atoms with Crippen molar-refractivity contribution in [1.29, 1.82) is 0 Å². The van der Waals surface area contributed by atoms with E-state index in [9.17, 15) is 17.6 Å². The Labute approximate surface area is 230 Å². The summed E-state index contributed by atoms with van der Waals surface area (Å²) in [7, 11) is 0. The Kier molecular flexibility index (Phi) is 6.91. The number of piperazine rings is 1. The number of fused-ring (bicyclic) bond motifs is 3. The number of furan rings is 1. The number of anilines is 2. The van der Waals surface area contributed by atoms with E-state index in [1.807, 2.05) is 17.0 Å². The van der Waals surface area contributed by atoms with Gasteiger partial charge in [-0.3, -0.25) is 4.90 Å². The molecule has 0 saturated carbocycles. The van der Waals surface area contributed by atoms with Gasteiger partial charge in [-0.05, 0) is 30.3 Å². The molecule has 0 amide bonds. The Morgan fingerprint density at radius 2 is 1.90 bits per heavy atom. The number of rotatable bonds is 8. The van der Waals surface area contributed by atoms with Crippen LogP contribution in [0.5, 0.6) is 5.75 Å². The summed E-state index contributed by atoms with van der Waals surface area (Å²) in [5.74, 6) is 0.165. The molecule has 1 fully saturated rings. The lowest BCUT2D eigenvalue weighted by atomic mass is 10.2. The number of nitrogen functional groups attached to an aromatic ring is 1. The maximum Gasteiger partial charge on any atom is 0.417 e. The van der Waals surface area contributed by atoms with Crippen LogP contribution in [0.3, 0.4) is 0 Å². The molecule has 216 valence electrons. The largest absolute Gasteiger partial charge is 0.490 e. The second-order valence-corrected chi connectivity index (χ2v) is 9.69. The van der Waals surface area contributed by atoms with Crippen molar-refractivity contribution in [3.63, 3.8) is 0 Å². The number of alkyl halides is 3. The number of nitrogens with two attached hydrogens (primary N) is 1. The summed E-state index contributed by atoms with van der Waals surface area (Å²) in [6.07, 6.45) is -4.13. The molecule has 6 rings (SSSR count). The summed E-state index contributed by atoms with van der Waals surface area (Å²) in [5.41, 5.74) is 8.60. The summed E-state index contributed by atoms with van der Waals surface area (Å²) >= 11 is 0. The maximum atomic E-state index is 14.7. The molecule has 0 radical (unpaired) electrons. The highest BCUT2D eigenvalue weighted by molar-refractivity contribution is 5.93. The predicted molar refractivity (Wildman–Crippen MR) is 141 cm³/mol. The molecule has 4 aromatic heterocycles. The van der Waals surface area contributed by atoms with Gasteiger partial charge >= 0.3 is 6.18 Å². The minimum atomic E-state index is -4.80. The van der Waals surface area contributed by atoms with Crippen LogP contribution in [-0.4, -0.2) is 86.0 Å². The minimum Gasteiger partial charge on any atom is -0.490 e. The first-order chi connectivity index (χ1) is 19.7. The SMILES string of the molecule is Nc1nc2c(cnn2CCN2CCN(c3ccc(OCC(O)C(F)(F)F)cc3F)CC2)c2cc(-c3ccco3)nn12. The number of halogens is 4. The van der Waals surface area contributed by atoms with Gasteiger partial charge < -0.3 is 24.9 Å². The third-order valence-electron chi connectivity index (χ3n) is 7.05. The normalized spacial score (nSPS) is 15.7. The monoisotopic (exact) mass is 574 g/mol. The molecule has 3 N–H and O–H groups in total. The zero-order valence-electron chi connectivity index (χ0n) is 21.6. The number of aliphatic hydroxyl groups is 1. The van der Waals surface area contributed by atoms with Gasteiger partial charge in [-0.25, -0.2) is 9.07 Å². The van der Waals surface area contributed by atoms with Crippen molar-refractivity contribution >= 4 is 28.2 Å². The average Bonchev–Trinajstić information content (AvgIpc) is 3.70. The summed E-state index contributed by atoms with van der Waals surface area (Å²) < 4.78 is 65.8. The molecule has 1 unspecified atom stereocenters. The van der Waals surface area contributed by atoms with Gasteiger partial charge in [0.05, 0.1) is 35.6 Å². The lowest BCUT2D eigenvalue weighted by molar-refractivity contribution is -0.210. The van der Waals surface area contributed by atoms with E-state index < -0.39 is 24.7 Å². The van der Waals surface area contributed by atoms with Crippen LogP contribution in [0.1, 0.15) is 0 Å². The van der Waals surface area contributed by atoms with Crippen LogP contribution in [-0.2, 0) is 6.54 Å². The zero-order valence-corrected chi connectivity index (χ0v) is 21.6. The van der Waals surface area contributed by atoms with Crippen LogP contribution < -0.4 is 15.4 Å². The molecule has 1 aromatic carbocycles. The van der Waals surface area contributed by atoms with Crippen molar-refractivity contribution in [3.8, 4) is 17.2 Å². The van der Waals surface area contributed by atoms with Gasteiger partial charge in [0.1, 0.15) is 23.9 Å². The second-order valence-electron chi connectivity index (χ2n) is 9.69. The van der Waals surface area contributed by atoms with Gasteiger partial charge in [0.15, 0.2) is 17.5 Å². The number of aliphatic hydroxyl groups excluding tert-OH is 1. The zero-order chi connectivity index (χ0) is 28.7. The molecule has 41 heavy (non-hydrogen) atoms. The Balaban J connectivity index is 1.07. The van der Waals surface area contributed by atoms with E-state index in [2.05, 4.69) is 20.1 Å². The second kappa shape index (κ2) is 10.6. The average molecular weight is 575 g/mol. The van der Waals surface area contributed by atoms with Crippen molar-refractivity contribution in [1.82, 2.24) is 29.3 Å². The lowest BCUT2D eigenvalue weighted by Gasteiger charge is -2.36. The van der Waals surface area contributed by atoms with Gasteiger partial charge in [0.25, 0.3) is 0 Å². The summed E-state index contributed by atoms with van der Waals surface area (Å²) in [4.78, 5) is 8.63. The van der Waals surface area contributed by atoms with E-state index in [-0.39, 0.29) is 11.7 Å². The Morgan fingerprint density at radius 1 is 1.10 bits per heavy atom. The van der Waals surface area contributed by atoms with Gasteiger partial charge in [-0.2, -0.15) is 32.9 Å². The number of hydrogen-bond donors (Lipinski definition) is 2. The van der Waals surface area contributed by atoms with E-state index in [4.69, 9.17) is 20.0 Å². The molecule has 1 saturated heterocycles. The van der Waals surface area contributed by atoms with E-state index in [1.165, 1.54) is 12.1 Å². The highest BCUT2D eigenvalue weighted by Crippen LogP contribution is 2.28. The standard InChI is InChI=1S/C26H26F4N8O3/c27-18-12-16(41-15-23(39)26(28,29)30)3-4-20(18)36-8-5-35(6-9-36)7-10-37-24-17(14-32-37)21-13-19(22-2-1-11-40-22)34-38(21)25(31)33-24/h1-4,11-14,23,39H,5-10,15H2,(H2,31,33). The highest BCUT2D eigenvalue weighted by Gasteiger charge is 2.38. The maximum absolute atomic E-state index is 14.7. The molecule has 5 heterocycles. The van der Waals surface area contributed by atoms with Crippen molar-refractivity contribution in [3.05, 3.63) is 54.7 Å². The third kappa shape index (κ3) is 5.37. The van der Waals surface area contributed by atoms with E-state index in [0.29, 0.717) is 62.1 Å². The molecule has 15 heteroatoms. The molecule has 1 atom stereocenters. The first-order valence-corrected chi connectivity index (χ1v) is 12.9. The fourth-order valence-electron chi connectivity index (χ4n) is 4.84. The molecule has 11 nitrogen and oxygen atoms in total. The predicted octanol–water partition coefficient (Wildman–Crippen LogP) is 3.18. The van der Waals surface area contributed by atoms with Crippen molar-refractivity contribution in [2.45, 2.75) is 18.8 Å². The highest BCUT2D eigenvalue weighted by atomic mass is 19.4. The minimum absolute atomic E-state index is 0.0840. The van der Waals surface area contributed by atoms with Crippen molar-refractivity contribution in [2.24, 2.45) is 0 Å². The van der Waals surface area contributed by atoms with Gasteiger partial charge in [0.2, 0.25) is 5.95 Å². The molecule has 1 aliphatic rings. The molecule has 0 aliphatic carbocycles. The topological polar surface area (TPSA) is 123 Å². The fourth-order valence-corrected chi connectivity index (χ4v) is 4.84. The van der Waals surface area contributed by atoms with Crippen LogP contribution in [0, 0.1) is 5.82 Å². The van der Waals surface area contributed by atoms with Gasteiger partial charge in [-0.1, -0.05) is 0 Å². The van der Waals surface area contributed by atoms with Gasteiger partial charge in [0, 0.05) is 38.8 Å². The molecule has 0 bridgehead atoms. The van der Waals surface area contributed by atoms with Crippen molar-refractivity contribution in [2.75, 3.05) is 50.0 Å². The fraction of sp³-hybridized carbons (Fsp3) is 0.346. The molecular formula is C26H26F4N8O3. The van der Waals surface area contributed by atoms with Crippen LogP contribution in [0.15, 0.2) is 53.3 Å². The first kappa shape index (κ1) is 26.8. The molecule has 0 spiro atoms. The summed E-state index contributed by atoms with van der Waals surface area (Å²) in [6, 6.07) is 9.38. The van der Waals surface area contributed by atoms with Crippen LogP contribution >= 0.6 is 0 Å². The smallest absolute Gasteiger partial charge is 0.417 e. The van der Waals surface area contributed by atoms with Gasteiger partial charge in [-0.15, -0.1) is 0 Å². The molecule has 1 aliphatic heterocycles. The number of ether oxygens (including phenoxy) is 1. The first-order valence-electron chi connectivity index (χ1n) is 12.9.